The zero-order chi connectivity index (χ0) is 15.6. The topological polar surface area (TPSA) is 85.1 Å². The predicted molar refractivity (Wildman–Crippen MR) is 70.2 cm³/mol. The number of rotatable bonds is 3. The second-order valence-electron chi connectivity index (χ2n) is 3.87. The number of hydrogen-bond acceptors (Lipinski definition) is 4. The maximum atomic E-state index is 13.4. The number of halogens is 3. The third-order valence-electron chi connectivity index (χ3n) is 2.46. The van der Waals surface area contributed by atoms with Crippen LogP contribution in [0, 0.1) is 21.7 Å². The number of benzene rings is 1. The summed E-state index contributed by atoms with van der Waals surface area (Å²) < 4.78 is 26.4. The second kappa shape index (κ2) is 5.80. The van der Waals surface area contributed by atoms with Crippen molar-refractivity contribution in [1.82, 2.24) is 4.98 Å². The van der Waals surface area contributed by atoms with E-state index < -0.39 is 33.8 Å². The zero-order valence-corrected chi connectivity index (χ0v) is 10.9. The number of pyridine rings is 1. The van der Waals surface area contributed by atoms with Crippen LogP contribution in [0.15, 0.2) is 30.5 Å². The lowest BCUT2D eigenvalue weighted by molar-refractivity contribution is -0.385. The summed E-state index contributed by atoms with van der Waals surface area (Å²) in [5, 5.41) is 12.4. The highest BCUT2D eigenvalue weighted by Gasteiger charge is 2.18. The number of anilines is 1. The largest absolute Gasteiger partial charge is 0.319 e. The number of carbonyl (C=O) groups excluding carboxylic acids is 1. The van der Waals surface area contributed by atoms with Gasteiger partial charge in [0.1, 0.15) is 23.0 Å². The van der Waals surface area contributed by atoms with Crippen molar-refractivity contribution in [3.63, 3.8) is 0 Å². The number of nitrogens with zero attached hydrogens (tertiary/aromatic N) is 2. The molecular weight excluding hydrogens is 308 g/mol. The highest BCUT2D eigenvalue weighted by Crippen LogP contribution is 2.22. The number of carbonyl (C=O) groups is 1. The molecule has 0 fully saturated rings. The van der Waals surface area contributed by atoms with Gasteiger partial charge in [0.2, 0.25) is 0 Å². The molecule has 1 heterocycles. The van der Waals surface area contributed by atoms with Gasteiger partial charge in [0.05, 0.1) is 16.2 Å². The minimum Gasteiger partial charge on any atom is -0.319 e. The van der Waals surface area contributed by atoms with Crippen LogP contribution in [0.3, 0.4) is 0 Å². The molecule has 0 bridgehead atoms. The molecule has 0 saturated heterocycles. The predicted octanol–water partition coefficient (Wildman–Crippen LogP) is 3.17. The number of nitro groups is 1. The highest BCUT2D eigenvalue weighted by atomic mass is 35.5. The molecule has 0 aliphatic carbocycles. The van der Waals surface area contributed by atoms with Crippen molar-refractivity contribution in [1.29, 1.82) is 0 Å². The van der Waals surface area contributed by atoms with Crippen molar-refractivity contribution in [2.75, 3.05) is 5.32 Å². The molecule has 0 radical (unpaired) electrons. The van der Waals surface area contributed by atoms with Gasteiger partial charge in [-0.05, 0) is 12.1 Å². The summed E-state index contributed by atoms with van der Waals surface area (Å²) in [6.45, 7) is 0. The lowest BCUT2D eigenvalue weighted by Crippen LogP contribution is -2.14. The molecule has 108 valence electrons. The van der Waals surface area contributed by atoms with E-state index in [0.717, 1.165) is 30.5 Å². The molecule has 0 unspecified atom stereocenters. The Bertz CT molecular complexity index is 740. The van der Waals surface area contributed by atoms with E-state index in [-0.39, 0.29) is 10.7 Å². The minimum absolute atomic E-state index is 0.296. The van der Waals surface area contributed by atoms with Crippen molar-refractivity contribution in [2.45, 2.75) is 0 Å². The van der Waals surface area contributed by atoms with Crippen LogP contribution in [0.25, 0.3) is 0 Å². The molecule has 0 aliphatic heterocycles. The van der Waals surface area contributed by atoms with Crippen molar-refractivity contribution in [3.05, 3.63) is 62.9 Å². The van der Waals surface area contributed by atoms with Crippen LogP contribution in [-0.4, -0.2) is 15.8 Å². The first-order valence-corrected chi connectivity index (χ1v) is 5.82. The van der Waals surface area contributed by atoms with E-state index in [4.69, 9.17) is 11.6 Å². The van der Waals surface area contributed by atoms with Crippen LogP contribution >= 0.6 is 11.6 Å². The van der Waals surface area contributed by atoms with Crippen LogP contribution in [0.4, 0.5) is 20.2 Å². The Morgan fingerprint density at radius 2 is 2.05 bits per heavy atom. The lowest BCUT2D eigenvalue weighted by Gasteiger charge is -2.07. The molecule has 6 nitrogen and oxygen atoms in total. The first kappa shape index (κ1) is 14.8. The van der Waals surface area contributed by atoms with Gasteiger partial charge in [-0.15, -0.1) is 0 Å². The van der Waals surface area contributed by atoms with Gasteiger partial charge < -0.3 is 5.32 Å². The Morgan fingerprint density at radius 3 is 2.71 bits per heavy atom. The smallest absolute Gasteiger partial charge is 0.288 e. The molecular formula is C12H6ClF2N3O3. The summed E-state index contributed by atoms with van der Waals surface area (Å²) >= 11 is 5.67. The van der Waals surface area contributed by atoms with Gasteiger partial charge in [0, 0.05) is 12.1 Å². The van der Waals surface area contributed by atoms with Crippen LogP contribution in [0.2, 0.25) is 5.15 Å². The fourth-order valence-corrected chi connectivity index (χ4v) is 1.67. The molecule has 0 atom stereocenters. The summed E-state index contributed by atoms with van der Waals surface area (Å²) in [4.78, 5) is 25.3. The van der Waals surface area contributed by atoms with Crippen LogP contribution in [0.5, 0.6) is 0 Å². The Balaban J connectivity index is 2.34. The van der Waals surface area contributed by atoms with Crippen molar-refractivity contribution in [3.8, 4) is 0 Å². The van der Waals surface area contributed by atoms with Gasteiger partial charge in [0.15, 0.2) is 0 Å². The first-order valence-electron chi connectivity index (χ1n) is 5.45. The van der Waals surface area contributed by atoms with Gasteiger partial charge >= 0.3 is 0 Å². The van der Waals surface area contributed by atoms with E-state index in [1.54, 1.807) is 0 Å². The Labute approximate surface area is 121 Å². The molecule has 9 heteroatoms. The fraction of sp³-hybridized carbons (Fsp3) is 0. The van der Waals surface area contributed by atoms with Crippen LogP contribution in [0.1, 0.15) is 10.4 Å². The number of aromatic nitrogens is 1. The van der Waals surface area contributed by atoms with Gasteiger partial charge in [-0.3, -0.25) is 14.9 Å². The van der Waals surface area contributed by atoms with Gasteiger partial charge in [-0.2, -0.15) is 0 Å². The second-order valence-corrected chi connectivity index (χ2v) is 4.23. The SMILES string of the molecule is O=C(Nc1cc(F)ccc1F)c1cc([N+](=O)[O-])cnc1Cl. The average molecular weight is 314 g/mol. The Hall–Kier alpha value is -2.61. The number of nitrogens with one attached hydrogen (secondary N) is 1. The summed E-state index contributed by atoms with van der Waals surface area (Å²) in [5.74, 6) is -2.56. The summed E-state index contributed by atoms with van der Waals surface area (Å²) in [6, 6.07) is 3.37. The van der Waals surface area contributed by atoms with E-state index in [0.29, 0.717) is 0 Å². The highest BCUT2D eigenvalue weighted by molar-refractivity contribution is 6.33. The normalized spacial score (nSPS) is 10.2. The molecule has 1 N–H and O–H groups in total. The van der Waals surface area contributed by atoms with E-state index in [2.05, 4.69) is 10.3 Å². The quantitative estimate of drug-likeness (QED) is 0.536. The molecule has 0 aliphatic rings. The van der Waals surface area contributed by atoms with E-state index in [1.165, 1.54) is 0 Å². The first-order chi connectivity index (χ1) is 9.88. The zero-order valence-electron chi connectivity index (χ0n) is 10.1. The summed E-state index contributed by atoms with van der Waals surface area (Å²) in [6.07, 6.45) is 0.877. The molecule has 0 saturated carbocycles. The molecule has 2 aromatic rings. The van der Waals surface area contributed by atoms with E-state index in [9.17, 15) is 23.7 Å². The van der Waals surface area contributed by atoms with Crippen molar-refractivity contribution >= 4 is 28.9 Å². The van der Waals surface area contributed by atoms with Crippen molar-refractivity contribution in [2.24, 2.45) is 0 Å². The van der Waals surface area contributed by atoms with E-state index in [1.807, 2.05) is 0 Å². The minimum atomic E-state index is -0.944. The molecule has 1 aromatic carbocycles. The average Bonchev–Trinajstić information content (AvgIpc) is 2.43. The molecule has 1 aromatic heterocycles. The van der Waals surface area contributed by atoms with Crippen LogP contribution < -0.4 is 5.32 Å². The molecule has 2 rings (SSSR count). The Kier molecular flexibility index (Phi) is 4.08. The van der Waals surface area contributed by atoms with E-state index >= 15 is 0 Å². The lowest BCUT2D eigenvalue weighted by atomic mass is 10.2. The fourth-order valence-electron chi connectivity index (χ4n) is 1.48. The summed E-state index contributed by atoms with van der Waals surface area (Å²) in [5.41, 5.74) is -1.19. The van der Waals surface area contributed by atoms with Crippen LogP contribution in [-0.2, 0) is 0 Å². The summed E-state index contributed by atoms with van der Waals surface area (Å²) in [7, 11) is 0. The van der Waals surface area contributed by atoms with Crippen molar-refractivity contribution < 1.29 is 18.5 Å². The monoisotopic (exact) mass is 313 g/mol. The van der Waals surface area contributed by atoms with Gasteiger partial charge in [0.25, 0.3) is 11.6 Å². The third kappa shape index (κ3) is 3.29. The molecule has 21 heavy (non-hydrogen) atoms. The maximum absolute atomic E-state index is 13.4. The maximum Gasteiger partial charge on any atom is 0.288 e. The van der Waals surface area contributed by atoms with Gasteiger partial charge in [-0.1, -0.05) is 11.6 Å². The number of amides is 1. The number of hydrogen-bond donors (Lipinski definition) is 1. The van der Waals surface area contributed by atoms with Gasteiger partial charge in [-0.25, -0.2) is 13.8 Å². The standard InChI is InChI=1S/C12H6ClF2N3O3/c13-11-8(4-7(5-16-11)18(20)21)12(19)17-10-3-6(14)1-2-9(10)15/h1-5H,(H,17,19). The third-order valence-corrected chi connectivity index (χ3v) is 2.76. The Morgan fingerprint density at radius 1 is 1.33 bits per heavy atom. The molecule has 0 spiro atoms. The molecule has 1 amide bonds.